The molecule has 1 aliphatic heterocycles. The van der Waals surface area contributed by atoms with Gasteiger partial charge in [0.25, 0.3) is 0 Å². The molecule has 7 unspecified atom stereocenters. The van der Waals surface area contributed by atoms with Crippen LogP contribution in [0, 0.1) is 0 Å². The molecule has 1 aliphatic rings. The highest BCUT2D eigenvalue weighted by Crippen LogP contribution is 2.23. The van der Waals surface area contributed by atoms with E-state index in [-0.39, 0.29) is 18.5 Å². The van der Waals surface area contributed by atoms with Crippen molar-refractivity contribution in [2.75, 3.05) is 19.8 Å². The van der Waals surface area contributed by atoms with Gasteiger partial charge in [0.1, 0.15) is 24.4 Å². The van der Waals surface area contributed by atoms with Gasteiger partial charge in [-0.1, -0.05) is 255 Å². The second-order valence-corrected chi connectivity index (χ2v) is 22.8. The molecule has 0 aromatic heterocycles. The number of hydrogen-bond donors (Lipinski definition) is 6. The van der Waals surface area contributed by atoms with Crippen LogP contribution < -0.4 is 5.32 Å². The highest BCUT2D eigenvalue weighted by Gasteiger charge is 2.44. The Kier molecular flexibility index (Phi) is 53.3. The van der Waals surface area contributed by atoms with E-state index in [1.165, 1.54) is 193 Å². The average Bonchev–Trinajstić information content (AvgIpc) is 3.45. The van der Waals surface area contributed by atoms with Crippen molar-refractivity contribution < 1.29 is 49.3 Å². The molecule has 11 heteroatoms. The van der Waals surface area contributed by atoms with Crippen molar-refractivity contribution in [3.63, 3.8) is 0 Å². The van der Waals surface area contributed by atoms with Crippen molar-refractivity contribution in [1.82, 2.24) is 5.32 Å². The second kappa shape index (κ2) is 56.5. The molecule has 1 saturated heterocycles. The maximum absolute atomic E-state index is 13.1. The number of carbonyl (C=O) groups is 2. The van der Waals surface area contributed by atoms with Crippen LogP contribution >= 0.6 is 0 Å². The summed E-state index contributed by atoms with van der Waals surface area (Å²) in [4.78, 5) is 25.1. The van der Waals surface area contributed by atoms with Gasteiger partial charge in [-0.2, -0.15) is 0 Å². The highest BCUT2D eigenvalue weighted by atomic mass is 16.7. The summed E-state index contributed by atoms with van der Waals surface area (Å²) in [5.41, 5.74) is 0. The number of unbranched alkanes of at least 4 members (excludes halogenated alkanes) is 37. The average molecular weight is 1100 g/mol. The number of hydrogen-bond acceptors (Lipinski definition) is 10. The number of amides is 1. The van der Waals surface area contributed by atoms with Gasteiger partial charge in [-0.25, -0.2) is 0 Å². The number of esters is 1. The lowest BCUT2D eigenvalue weighted by molar-refractivity contribution is -0.302. The Morgan fingerprint density at radius 2 is 0.872 bits per heavy atom. The maximum Gasteiger partial charge on any atom is 0.305 e. The minimum Gasteiger partial charge on any atom is -0.466 e. The van der Waals surface area contributed by atoms with Gasteiger partial charge in [0.2, 0.25) is 5.91 Å². The van der Waals surface area contributed by atoms with E-state index in [9.17, 15) is 35.1 Å². The Morgan fingerprint density at radius 1 is 0.474 bits per heavy atom. The van der Waals surface area contributed by atoms with Crippen LogP contribution in [-0.4, -0.2) is 100 Å². The van der Waals surface area contributed by atoms with Crippen molar-refractivity contribution in [3.8, 4) is 0 Å². The molecule has 7 atom stereocenters. The van der Waals surface area contributed by atoms with Gasteiger partial charge >= 0.3 is 5.97 Å². The summed E-state index contributed by atoms with van der Waals surface area (Å²) in [6, 6.07) is -0.815. The fraction of sp³-hybridized carbons (Fsp3) is 0.851. The maximum atomic E-state index is 13.1. The predicted octanol–water partition coefficient (Wildman–Crippen LogP) is 16.0. The van der Waals surface area contributed by atoms with E-state index in [4.69, 9.17) is 14.2 Å². The van der Waals surface area contributed by atoms with E-state index in [1.807, 2.05) is 6.08 Å². The first kappa shape index (κ1) is 73.6. The molecular weight excluding hydrogens is 979 g/mol. The zero-order valence-electron chi connectivity index (χ0n) is 50.4. The van der Waals surface area contributed by atoms with Crippen LogP contribution in [-0.2, 0) is 23.8 Å². The Bertz CT molecular complexity index is 1430. The number of aliphatic hydroxyl groups excluding tert-OH is 5. The van der Waals surface area contributed by atoms with Crippen molar-refractivity contribution >= 4 is 11.9 Å². The molecule has 0 saturated carbocycles. The smallest absolute Gasteiger partial charge is 0.305 e. The molecule has 0 aromatic rings. The van der Waals surface area contributed by atoms with Gasteiger partial charge in [-0.3, -0.25) is 9.59 Å². The minimum atomic E-state index is -1.57. The van der Waals surface area contributed by atoms with Crippen molar-refractivity contribution in [2.45, 2.75) is 346 Å². The molecule has 1 heterocycles. The van der Waals surface area contributed by atoms with Crippen LogP contribution in [0.15, 0.2) is 48.6 Å². The van der Waals surface area contributed by atoms with Crippen molar-refractivity contribution in [1.29, 1.82) is 0 Å². The molecule has 6 N–H and O–H groups in total. The molecule has 1 amide bonds. The monoisotopic (exact) mass is 1100 g/mol. The lowest BCUT2D eigenvalue weighted by Crippen LogP contribution is -2.60. The fourth-order valence-corrected chi connectivity index (χ4v) is 10.2. The van der Waals surface area contributed by atoms with E-state index in [0.717, 1.165) is 83.5 Å². The molecule has 0 bridgehead atoms. The molecular formula is C67H123NO10. The molecule has 0 radical (unpaired) electrons. The van der Waals surface area contributed by atoms with E-state index in [2.05, 4.69) is 55.6 Å². The van der Waals surface area contributed by atoms with E-state index < -0.39 is 49.5 Å². The number of nitrogens with one attached hydrogen (secondary N) is 1. The standard InChI is InChI=1S/C67H123NO10/c1-3-5-7-9-11-13-15-16-30-34-37-41-45-49-53-60(70)59(58-77-67-66(75)65(74)64(73)61(57-69)78-67)68-62(71)54-50-46-42-38-35-31-28-26-24-22-20-18-17-19-21-23-25-27-29-32-36-40-44-48-52-56-76-63(72)55-51-47-43-39-33-14-12-10-8-6-4-2/h10,12,18-21,49,53,59-61,64-67,69-70,73-75H,3-9,11,13-17,22-48,50-52,54-58H2,1-2H3,(H,68,71)/b12-10-,20-18-,21-19-,53-49+. The molecule has 1 fully saturated rings. The SMILES string of the molecule is CCCC/C=C\CCCCCCCC(=O)OCCCCCCCCCCC/C=C\C/C=C\CCCCCCCCCCCC(=O)NC(COC1OC(CO)C(O)C(O)C1O)C(O)/C=C/CCCCCCCCCCCCCC. The number of ether oxygens (including phenoxy) is 3. The first-order chi connectivity index (χ1) is 38.2. The minimum absolute atomic E-state index is 0.0129. The number of aliphatic hydroxyl groups is 5. The molecule has 456 valence electrons. The van der Waals surface area contributed by atoms with Crippen LogP contribution in [0.1, 0.15) is 303 Å². The quantitative estimate of drug-likeness (QED) is 0.0195. The van der Waals surface area contributed by atoms with Crippen LogP contribution in [0.2, 0.25) is 0 Å². The summed E-state index contributed by atoms with van der Waals surface area (Å²) in [6.45, 7) is 4.31. The Balaban J connectivity index is 2.06. The summed E-state index contributed by atoms with van der Waals surface area (Å²) in [5.74, 6) is -0.200. The van der Waals surface area contributed by atoms with Gasteiger partial charge in [-0.15, -0.1) is 0 Å². The van der Waals surface area contributed by atoms with Crippen LogP contribution in [0.3, 0.4) is 0 Å². The number of carbonyl (C=O) groups excluding carboxylic acids is 2. The highest BCUT2D eigenvalue weighted by molar-refractivity contribution is 5.76. The fourth-order valence-electron chi connectivity index (χ4n) is 10.2. The van der Waals surface area contributed by atoms with Gasteiger partial charge in [-0.05, 0) is 83.5 Å². The predicted molar refractivity (Wildman–Crippen MR) is 324 cm³/mol. The van der Waals surface area contributed by atoms with Gasteiger partial charge in [0.15, 0.2) is 6.29 Å². The number of rotatable bonds is 57. The third-order valence-corrected chi connectivity index (χ3v) is 15.4. The molecule has 0 aliphatic carbocycles. The third kappa shape index (κ3) is 45.3. The molecule has 1 rings (SSSR count). The van der Waals surface area contributed by atoms with Crippen LogP contribution in [0.5, 0.6) is 0 Å². The van der Waals surface area contributed by atoms with E-state index in [1.54, 1.807) is 6.08 Å². The summed E-state index contributed by atoms with van der Waals surface area (Å²) in [5, 5.41) is 54.5. The van der Waals surface area contributed by atoms with Crippen molar-refractivity contribution in [2.24, 2.45) is 0 Å². The zero-order valence-corrected chi connectivity index (χ0v) is 50.4. The molecule has 0 aromatic carbocycles. The summed E-state index contributed by atoms with van der Waals surface area (Å²) in [7, 11) is 0. The number of allylic oxidation sites excluding steroid dienone is 7. The van der Waals surface area contributed by atoms with Gasteiger partial charge in [0.05, 0.1) is 32.0 Å². The van der Waals surface area contributed by atoms with Crippen molar-refractivity contribution in [3.05, 3.63) is 48.6 Å². The largest absolute Gasteiger partial charge is 0.466 e. The van der Waals surface area contributed by atoms with Gasteiger partial charge in [0, 0.05) is 12.8 Å². The zero-order chi connectivity index (χ0) is 56.6. The molecule has 0 spiro atoms. The molecule has 78 heavy (non-hydrogen) atoms. The summed E-state index contributed by atoms with van der Waals surface area (Å²) in [6.07, 6.45) is 62.1. The topological polar surface area (TPSA) is 175 Å². The van der Waals surface area contributed by atoms with E-state index >= 15 is 0 Å². The van der Waals surface area contributed by atoms with Crippen LogP contribution in [0.25, 0.3) is 0 Å². The Hall–Kier alpha value is -2.38. The van der Waals surface area contributed by atoms with Crippen LogP contribution in [0.4, 0.5) is 0 Å². The Morgan fingerprint density at radius 3 is 1.35 bits per heavy atom. The normalized spacial score (nSPS) is 18.8. The molecule has 11 nitrogen and oxygen atoms in total. The van der Waals surface area contributed by atoms with Gasteiger partial charge < -0.3 is 45.1 Å². The second-order valence-electron chi connectivity index (χ2n) is 22.8. The summed E-state index contributed by atoms with van der Waals surface area (Å²) >= 11 is 0. The first-order valence-electron chi connectivity index (χ1n) is 32.9. The summed E-state index contributed by atoms with van der Waals surface area (Å²) < 4.78 is 16.7. The first-order valence-corrected chi connectivity index (χ1v) is 32.9. The lowest BCUT2D eigenvalue weighted by Gasteiger charge is -2.40. The lowest BCUT2D eigenvalue weighted by atomic mass is 9.99. The Labute approximate surface area is 478 Å². The third-order valence-electron chi connectivity index (χ3n) is 15.4. The van der Waals surface area contributed by atoms with E-state index in [0.29, 0.717) is 19.4 Å².